The van der Waals surface area contributed by atoms with Gasteiger partial charge in [-0.1, -0.05) is 0 Å². The Morgan fingerprint density at radius 1 is 1.35 bits per heavy atom. The van der Waals surface area contributed by atoms with E-state index in [1.807, 2.05) is 19.5 Å². The molecule has 2 heterocycles. The van der Waals surface area contributed by atoms with E-state index >= 15 is 0 Å². The first kappa shape index (κ1) is 15.5. The molecular formula is C15H28N4O. The maximum Gasteiger partial charge on any atom is 0.109 e. The lowest BCUT2D eigenvalue weighted by molar-refractivity contribution is -0.0699. The van der Waals surface area contributed by atoms with Crippen LogP contribution < -0.4 is 0 Å². The van der Waals surface area contributed by atoms with Gasteiger partial charge in [-0.15, -0.1) is 0 Å². The van der Waals surface area contributed by atoms with Gasteiger partial charge in [0.25, 0.3) is 0 Å². The van der Waals surface area contributed by atoms with Crippen molar-refractivity contribution in [1.82, 2.24) is 19.4 Å². The molecule has 0 N–H and O–H groups in total. The number of imidazole rings is 1. The highest BCUT2D eigenvalue weighted by atomic mass is 16.5. The Bertz CT molecular complexity index is 408. The van der Waals surface area contributed by atoms with Crippen LogP contribution in [-0.2, 0) is 18.2 Å². The first-order valence-corrected chi connectivity index (χ1v) is 7.43. The topological polar surface area (TPSA) is 33.5 Å². The van der Waals surface area contributed by atoms with Crippen molar-refractivity contribution in [2.24, 2.45) is 7.05 Å². The van der Waals surface area contributed by atoms with Crippen LogP contribution in [0.4, 0.5) is 0 Å². The Morgan fingerprint density at radius 3 is 2.55 bits per heavy atom. The molecule has 114 valence electrons. The van der Waals surface area contributed by atoms with E-state index in [-0.39, 0.29) is 5.60 Å². The predicted octanol–water partition coefficient (Wildman–Crippen LogP) is 1.01. The Balaban J connectivity index is 1.80. The molecule has 1 saturated heterocycles. The average Bonchev–Trinajstić information content (AvgIpc) is 2.83. The molecule has 0 atom stereocenters. The summed E-state index contributed by atoms with van der Waals surface area (Å²) in [4.78, 5) is 9.15. The normalized spacial score (nSPS) is 19.6. The fourth-order valence-electron chi connectivity index (χ4n) is 3.08. The second kappa shape index (κ2) is 6.70. The van der Waals surface area contributed by atoms with E-state index in [2.05, 4.69) is 40.5 Å². The summed E-state index contributed by atoms with van der Waals surface area (Å²) in [5.74, 6) is 1.17. The zero-order valence-electron chi connectivity index (χ0n) is 13.3. The molecule has 0 spiro atoms. The third-order valence-corrected chi connectivity index (χ3v) is 4.38. The fourth-order valence-corrected chi connectivity index (χ4v) is 3.08. The van der Waals surface area contributed by atoms with Crippen molar-refractivity contribution in [3.63, 3.8) is 0 Å². The summed E-state index contributed by atoms with van der Waals surface area (Å²) < 4.78 is 7.93. The molecule has 0 radical (unpaired) electrons. The molecule has 1 aromatic heterocycles. The monoisotopic (exact) mass is 280 g/mol. The van der Waals surface area contributed by atoms with Crippen molar-refractivity contribution in [1.29, 1.82) is 0 Å². The van der Waals surface area contributed by atoms with Crippen molar-refractivity contribution in [3.05, 3.63) is 18.2 Å². The summed E-state index contributed by atoms with van der Waals surface area (Å²) in [7, 11) is 8.15. The van der Waals surface area contributed by atoms with Crippen LogP contribution >= 0.6 is 0 Å². The lowest BCUT2D eigenvalue weighted by atomic mass is 9.90. The molecule has 0 saturated carbocycles. The zero-order chi connectivity index (χ0) is 14.6. The highest BCUT2D eigenvalue weighted by molar-refractivity contribution is 4.94. The smallest absolute Gasteiger partial charge is 0.109 e. The number of methoxy groups -OCH3 is 1. The van der Waals surface area contributed by atoms with Crippen LogP contribution in [0.3, 0.4) is 0 Å². The fraction of sp³-hybridized carbons (Fsp3) is 0.800. The largest absolute Gasteiger partial charge is 0.377 e. The minimum absolute atomic E-state index is 0.0449. The number of rotatable bonds is 6. The van der Waals surface area contributed by atoms with Gasteiger partial charge < -0.3 is 19.1 Å². The van der Waals surface area contributed by atoms with Crippen LogP contribution in [0, 0.1) is 0 Å². The molecule has 2 rings (SSSR count). The van der Waals surface area contributed by atoms with Gasteiger partial charge in [0.05, 0.1) is 5.60 Å². The molecule has 0 unspecified atom stereocenters. The van der Waals surface area contributed by atoms with E-state index in [1.165, 1.54) is 5.82 Å². The molecule has 1 aliphatic rings. The lowest BCUT2D eigenvalue weighted by Crippen LogP contribution is -2.51. The van der Waals surface area contributed by atoms with Crippen molar-refractivity contribution >= 4 is 0 Å². The highest BCUT2D eigenvalue weighted by Gasteiger charge is 2.34. The Hall–Kier alpha value is -0.910. The summed E-state index contributed by atoms with van der Waals surface area (Å²) in [6.45, 7) is 4.33. The Morgan fingerprint density at radius 2 is 2.05 bits per heavy atom. The summed E-state index contributed by atoms with van der Waals surface area (Å²) in [6, 6.07) is 0. The molecule has 1 aromatic rings. The van der Waals surface area contributed by atoms with Gasteiger partial charge in [-0.2, -0.15) is 0 Å². The van der Waals surface area contributed by atoms with Gasteiger partial charge >= 0.3 is 0 Å². The number of aryl methyl sites for hydroxylation is 1. The molecular weight excluding hydrogens is 252 g/mol. The third kappa shape index (κ3) is 3.81. The summed E-state index contributed by atoms with van der Waals surface area (Å²) in [6.07, 6.45) is 7.14. The number of nitrogens with zero attached hydrogens (tertiary/aromatic N) is 4. The zero-order valence-corrected chi connectivity index (χ0v) is 13.3. The highest BCUT2D eigenvalue weighted by Crippen LogP contribution is 2.26. The summed E-state index contributed by atoms with van der Waals surface area (Å²) in [5.41, 5.74) is 0.0449. The van der Waals surface area contributed by atoms with Gasteiger partial charge in [0.2, 0.25) is 0 Å². The second-order valence-corrected chi connectivity index (χ2v) is 6.17. The van der Waals surface area contributed by atoms with Crippen LogP contribution in [0.25, 0.3) is 0 Å². The minimum Gasteiger partial charge on any atom is -0.377 e. The van der Waals surface area contributed by atoms with Crippen molar-refractivity contribution in [2.45, 2.75) is 24.9 Å². The number of ether oxygens (including phenoxy) is 1. The van der Waals surface area contributed by atoms with E-state index in [0.717, 1.165) is 45.4 Å². The Kier molecular flexibility index (Phi) is 5.18. The molecule has 0 amide bonds. The van der Waals surface area contributed by atoms with E-state index < -0.39 is 0 Å². The molecule has 5 nitrogen and oxygen atoms in total. The van der Waals surface area contributed by atoms with Crippen LogP contribution in [0.5, 0.6) is 0 Å². The van der Waals surface area contributed by atoms with E-state index in [1.54, 1.807) is 0 Å². The van der Waals surface area contributed by atoms with Crippen LogP contribution in [-0.4, -0.2) is 72.3 Å². The molecule has 0 aliphatic carbocycles. The van der Waals surface area contributed by atoms with E-state index in [9.17, 15) is 0 Å². The van der Waals surface area contributed by atoms with Gasteiger partial charge in [0.1, 0.15) is 5.82 Å². The molecule has 1 fully saturated rings. The van der Waals surface area contributed by atoms with Gasteiger partial charge in [-0.3, -0.25) is 0 Å². The molecule has 0 bridgehead atoms. The van der Waals surface area contributed by atoms with Crippen molar-refractivity contribution < 1.29 is 4.74 Å². The molecule has 0 aromatic carbocycles. The standard InChI is InChI=1S/C15H28N4O/c1-17(2)13-15(20-4)6-10-19(11-7-15)9-5-14-16-8-12-18(14)3/h8,12H,5-7,9-11,13H2,1-4H3. The van der Waals surface area contributed by atoms with Crippen molar-refractivity contribution in [2.75, 3.05) is 47.4 Å². The number of likely N-dealkylation sites (N-methyl/N-ethyl adjacent to an activating group) is 1. The number of likely N-dealkylation sites (tertiary alicyclic amines) is 1. The first-order valence-electron chi connectivity index (χ1n) is 7.43. The van der Waals surface area contributed by atoms with E-state index in [4.69, 9.17) is 4.74 Å². The van der Waals surface area contributed by atoms with Gasteiger partial charge in [-0.25, -0.2) is 4.98 Å². The van der Waals surface area contributed by atoms with Crippen molar-refractivity contribution in [3.8, 4) is 0 Å². The van der Waals surface area contributed by atoms with Gasteiger partial charge in [-0.05, 0) is 26.9 Å². The number of piperidine rings is 1. The molecule has 5 heteroatoms. The van der Waals surface area contributed by atoms with Gasteiger partial charge in [0, 0.05) is 59.2 Å². The maximum absolute atomic E-state index is 5.82. The maximum atomic E-state index is 5.82. The minimum atomic E-state index is 0.0449. The number of hydrogen-bond acceptors (Lipinski definition) is 4. The number of hydrogen-bond donors (Lipinski definition) is 0. The molecule has 20 heavy (non-hydrogen) atoms. The van der Waals surface area contributed by atoms with Gasteiger partial charge in [0.15, 0.2) is 0 Å². The molecule has 1 aliphatic heterocycles. The van der Waals surface area contributed by atoms with E-state index in [0.29, 0.717) is 0 Å². The summed E-state index contributed by atoms with van der Waals surface area (Å²) >= 11 is 0. The van der Waals surface area contributed by atoms with Crippen LogP contribution in [0.2, 0.25) is 0 Å². The quantitative estimate of drug-likeness (QED) is 0.778. The third-order valence-electron chi connectivity index (χ3n) is 4.38. The predicted molar refractivity (Wildman–Crippen MR) is 80.9 cm³/mol. The van der Waals surface area contributed by atoms with Crippen LogP contribution in [0.15, 0.2) is 12.4 Å². The lowest BCUT2D eigenvalue weighted by Gasteiger charge is -2.42. The Labute approximate surface area is 122 Å². The number of aromatic nitrogens is 2. The second-order valence-electron chi connectivity index (χ2n) is 6.17. The SMILES string of the molecule is COC1(CN(C)C)CCN(CCc2nccn2C)CC1. The van der Waals surface area contributed by atoms with Crippen LogP contribution in [0.1, 0.15) is 18.7 Å². The average molecular weight is 280 g/mol. The first-order chi connectivity index (χ1) is 9.54. The summed E-state index contributed by atoms with van der Waals surface area (Å²) in [5, 5.41) is 0.